The second kappa shape index (κ2) is 8.17. The van der Waals surface area contributed by atoms with E-state index in [1.54, 1.807) is 38.1 Å². The van der Waals surface area contributed by atoms with Crippen LogP contribution in [0.2, 0.25) is 0 Å². The van der Waals surface area contributed by atoms with Crippen molar-refractivity contribution in [3.05, 3.63) is 24.3 Å². The molecule has 0 atom stereocenters. The molecule has 3 N–H and O–H groups in total. The number of rotatable bonds is 5. The fourth-order valence-corrected chi connectivity index (χ4v) is 2.16. The third-order valence-corrected chi connectivity index (χ3v) is 3.50. The zero-order valence-electron chi connectivity index (χ0n) is 13.5. The number of hydrogen-bond donors (Lipinski definition) is 2. The lowest BCUT2D eigenvalue weighted by atomic mass is 10.1. The van der Waals surface area contributed by atoms with Crippen molar-refractivity contribution >= 4 is 29.9 Å². The van der Waals surface area contributed by atoms with E-state index in [1.165, 1.54) is 0 Å². The summed E-state index contributed by atoms with van der Waals surface area (Å²) >= 11 is 0. The summed E-state index contributed by atoms with van der Waals surface area (Å²) in [7, 11) is 0. The minimum absolute atomic E-state index is 0. The molecule has 0 bridgehead atoms. The van der Waals surface area contributed by atoms with Gasteiger partial charge in [0.1, 0.15) is 5.75 Å². The fourth-order valence-electron chi connectivity index (χ4n) is 2.16. The van der Waals surface area contributed by atoms with Crippen LogP contribution in [0.4, 0.5) is 5.69 Å². The van der Waals surface area contributed by atoms with Crippen molar-refractivity contribution < 1.29 is 14.3 Å². The van der Waals surface area contributed by atoms with Crippen LogP contribution in [-0.4, -0.2) is 41.9 Å². The molecule has 0 spiro atoms. The summed E-state index contributed by atoms with van der Waals surface area (Å²) in [5.74, 6) is 0.257. The molecule has 2 rings (SSSR count). The van der Waals surface area contributed by atoms with Gasteiger partial charge in [-0.25, -0.2) is 0 Å². The molecule has 6 nitrogen and oxygen atoms in total. The van der Waals surface area contributed by atoms with Crippen molar-refractivity contribution in [3.63, 3.8) is 0 Å². The first kappa shape index (κ1) is 19.3. The Hall–Kier alpha value is -1.79. The van der Waals surface area contributed by atoms with Crippen molar-refractivity contribution in [2.75, 3.05) is 25.0 Å². The first-order chi connectivity index (χ1) is 10.4. The minimum atomic E-state index is -0.956. The van der Waals surface area contributed by atoms with E-state index in [1.807, 2.05) is 4.90 Å². The van der Waals surface area contributed by atoms with E-state index < -0.39 is 5.54 Å². The third kappa shape index (κ3) is 5.73. The highest BCUT2D eigenvalue weighted by Crippen LogP contribution is 2.18. The molecule has 23 heavy (non-hydrogen) atoms. The van der Waals surface area contributed by atoms with Gasteiger partial charge in [0.2, 0.25) is 5.91 Å². The van der Waals surface area contributed by atoms with Gasteiger partial charge in [0.25, 0.3) is 5.91 Å². The van der Waals surface area contributed by atoms with Gasteiger partial charge in [0.15, 0.2) is 6.61 Å². The number of nitrogens with one attached hydrogen (secondary N) is 1. The summed E-state index contributed by atoms with van der Waals surface area (Å²) in [5.41, 5.74) is 5.38. The van der Waals surface area contributed by atoms with Crippen LogP contribution < -0.4 is 15.8 Å². The van der Waals surface area contributed by atoms with Crippen LogP contribution in [0.15, 0.2) is 24.3 Å². The van der Waals surface area contributed by atoms with Gasteiger partial charge >= 0.3 is 0 Å². The predicted octanol–water partition coefficient (Wildman–Crippen LogP) is 1.79. The molecule has 0 aromatic heterocycles. The highest BCUT2D eigenvalue weighted by Gasteiger charge is 2.22. The van der Waals surface area contributed by atoms with Crippen LogP contribution in [0.5, 0.6) is 5.75 Å². The number of anilines is 1. The molecule has 0 aliphatic carbocycles. The van der Waals surface area contributed by atoms with E-state index in [0.717, 1.165) is 25.9 Å². The number of likely N-dealkylation sites (tertiary alicyclic amines) is 1. The Morgan fingerprint density at radius 1 is 1.30 bits per heavy atom. The topological polar surface area (TPSA) is 84.7 Å². The SMILES string of the molecule is CC(C)(N)C(=O)Nc1cccc(OCC(=O)N2CCCC2)c1.Cl. The predicted molar refractivity (Wildman–Crippen MR) is 91.9 cm³/mol. The molecule has 1 aliphatic rings. The zero-order valence-corrected chi connectivity index (χ0v) is 14.3. The molecule has 1 saturated heterocycles. The molecule has 1 heterocycles. The number of hydrogen-bond acceptors (Lipinski definition) is 4. The highest BCUT2D eigenvalue weighted by molar-refractivity contribution is 5.97. The molecule has 0 radical (unpaired) electrons. The summed E-state index contributed by atoms with van der Waals surface area (Å²) in [4.78, 5) is 25.6. The molecule has 0 unspecified atom stereocenters. The molecule has 1 fully saturated rings. The number of benzene rings is 1. The van der Waals surface area contributed by atoms with E-state index in [0.29, 0.717) is 11.4 Å². The van der Waals surface area contributed by atoms with Crippen molar-refractivity contribution in [1.82, 2.24) is 4.90 Å². The van der Waals surface area contributed by atoms with E-state index in [2.05, 4.69) is 5.32 Å². The van der Waals surface area contributed by atoms with Gasteiger partial charge in [0.05, 0.1) is 5.54 Å². The average molecular weight is 342 g/mol. The fraction of sp³-hybridized carbons (Fsp3) is 0.500. The molecule has 7 heteroatoms. The Labute approximate surface area is 142 Å². The van der Waals surface area contributed by atoms with Gasteiger partial charge in [0, 0.05) is 24.8 Å². The molecule has 1 aromatic carbocycles. The standard InChI is InChI=1S/C16H23N3O3.ClH/c1-16(2,17)15(21)18-12-6-5-7-13(10-12)22-11-14(20)19-8-3-4-9-19;/h5-7,10H,3-4,8-9,11,17H2,1-2H3,(H,18,21);1H. The molecule has 1 aromatic rings. The second-order valence-corrected chi connectivity index (χ2v) is 6.08. The summed E-state index contributed by atoms with van der Waals surface area (Å²) in [6.07, 6.45) is 2.12. The van der Waals surface area contributed by atoms with E-state index in [4.69, 9.17) is 10.5 Å². The number of carbonyl (C=O) groups is 2. The summed E-state index contributed by atoms with van der Waals surface area (Å²) in [6.45, 7) is 4.91. The van der Waals surface area contributed by atoms with Crippen LogP contribution >= 0.6 is 12.4 Å². The summed E-state index contributed by atoms with van der Waals surface area (Å²) < 4.78 is 5.51. The molecule has 0 saturated carbocycles. The molecule has 2 amide bonds. The maximum absolute atomic E-state index is 11.9. The van der Waals surface area contributed by atoms with Gasteiger partial charge in [-0.1, -0.05) is 6.07 Å². The zero-order chi connectivity index (χ0) is 16.2. The highest BCUT2D eigenvalue weighted by atomic mass is 35.5. The third-order valence-electron chi connectivity index (χ3n) is 3.50. The van der Waals surface area contributed by atoms with Crippen molar-refractivity contribution in [2.24, 2.45) is 5.73 Å². The number of nitrogens with two attached hydrogens (primary N) is 1. The maximum atomic E-state index is 11.9. The van der Waals surface area contributed by atoms with Gasteiger partial charge in [-0.05, 0) is 38.8 Å². The number of amides is 2. The smallest absolute Gasteiger partial charge is 0.260 e. The Kier molecular flexibility index (Phi) is 6.84. The minimum Gasteiger partial charge on any atom is -0.484 e. The Bertz CT molecular complexity index is 552. The molecule has 128 valence electrons. The van der Waals surface area contributed by atoms with Crippen LogP contribution in [0.1, 0.15) is 26.7 Å². The number of nitrogens with zero attached hydrogens (tertiary/aromatic N) is 1. The number of halogens is 1. The first-order valence-electron chi connectivity index (χ1n) is 7.47. The largest absolute Gasteiger partial charge is 0.484 e. The van der Waals surface area contributed by atoms with E-state index >= 15 is 0 Å². The summed E-state index contributed by atoms with van der Waals surface area (Å²) in [6, 6.07) is 6.94. The van der Waals surface area contributed by atoms with Gasteiger partial charge in [-0.3, -0.25) is 9.59 Å². The average Bonchev–Trinajstić information content (AvgIpc) is 2.98. The lowest BCUT2D eigenvalue weighted by Crippen LogP contribution is -2.45. The normalized spacial score (nSPS) is 14.1. The van der Waals surface area contributed by atoms with Crippen LogP contribution in [0.3, 0.4) is 0 Å². The van der Waals surface area contributed by atoms with Crippen LogP contribution in [-0.2, 0) is 9.59 Å². The first-order valence-corrected chi connectivity index (χ1v) is 7.47. The Balaban J connectivity index is 0.00000264. The second-order valence-electron chi connectivity index (χ2n) is 6.08. The van der Waals surface area contributed by atoms with Gasteiger partial charge < -0.3 is 20.7 Å². The van der Waals surface area contributed by atoms with Crippen molar-refractivity contribution in [3.8, 4) is 5.75 Å². The number of ether oxygens (including phenoxy) is 1. The number of carbonyl (C=O) groups excluding carboxylic acids is 2. The summed E-state index contributed by atoms with van der Waals surface area (Å²) in [5, 5.41) is 2.73. The van der Waals surface area contributed by atoms with Crippen molar-refractivity contribution in [1.29, 1.82) is 0 Å². The van der Waals surface area contributed by atoms with Crippen molar-refractivity contribution in [2.45, 2.75) is 32.2 Å². The van der Waals surface area contributed by atoms with E-state index in [9.17, 15) is 9.59 Å². The van der Waals surface area contributed by atoms with E-state index in [-0.39, 0.29) is 30.8 Å². The lowest BCUT2D eigenvalue weighted by Gasteiger charge is -2.18. The lowest BCUT2D eigenvalue weighted by molar-refractivity contribution is -0.132. The van der Waals surface area contributed by atoms with Crippen LogP contribution in [0, 0.1) is 0 Å². The van der Waals surface area contributed by atoms with Crippen LogP contribution in [0.25, 0.3) is 0 Å². The Morgan fingerprint density at radius 2 is 1.96 bits per heavy atom. The monoisotopic (exact) mass is 341 g/mol. The Morgan fingerprint density at radius 3 is 2.57 bits per heavy atom. The molecule has 1 aliphatic heterocycles. The molecular formula is C16H24ClN3O3. The van der Waals surface area contributed by atoms with Gasteiger partial charge in [-0.2, -0.15) is 0 Å². The quantitative estimate of drug-likeness (QED) is 0.855. The van der Waals surface area contributed by atoms with Gasteiger partial charge in [-0.15, -0.1) is 12.4 Å². The molecular weight excluding hydrogens is 318 g/mol. The maximum Gasteiger partial charge on any atom is 0.260 e.